The van der Waals surface area contributed by atoms with Gasteiger partial charge in [0, 0.05) is 48.4 Å². The van der Waals surface area contributed by atoms with Gasteiger partial charge in [-0.2, -0.15) is 0 Å². The summed E-state index contributed by atoms with van der Waals surface area (Å²) in [6.45, 7) is 6.42. The summed E-state index contributed by atoms with van der Waals surface area (Å²) >= 11 is 0. The Bertz CT molecular complexity index is 2030. The van der Waals surface area contributed by atoms with E-state index in [2.05, 4.69) is 15.3 Å². The van der Waals surface area contributed by atoms with Gasteiger partial charge in [-0.15, -0.1) is 0 Å². The van der Waals surface area contributed by atoms with Crippen LogP contribution in [0.25, 0.3) is 11.2 Å². The number of ether oxygens (including phenoxy) is 1. The van der Waals surface area contributed by atoms with E-state index in [9.17, 15) is 18.8 Å². The van der Waals surface area contributed by atoms with Gasteiger partial charge in [-0.05, 0) is 101 Å². The van der Waals surface area contributed by atoms with Crippen LogP contribution in [-0.2, 0) is 20.4 Å². The fourth-order valence-electron chi connectivity index (χ4n) is 9.01. The molecule has 256 valence electrons. The minimum absolute atomic E-state index is 0.0472. The number of pyridine rings is 2. The van der Waals surface area contributed by atoms with Crippen molar-refractivity contribution in [3.63, 3.8) is 0 Å². The van der Waals surface area contributed by atoms with Gasteiger partial charge in [-0.3, -0.25) is 19.3 Å². The van der Waals surface area contributed by atoms with Crippen molar-refractivity contribution in [3.8, 4) is 0 Å². The van der Waals surface area contributed by atoms with Crippen LogP contribution in [-0.4, -0.2) is 61.2 Å². The number of carbonyl (C=O) groups is 2. The number of H-pyrrole nitrogens is 1. The summed E-state index contributed by atoms with van der Waals surface area (Å²) in [5, 5.41) is 3.03. The van der Waals surface area contributed by atoms with Gasteiger partial charge in [-0.1, -0.05) is 18.2 Å². The normalized spacial score (nSPS) is 27.9. The van der Waals surface area contributed by atoms with E-state index in [0.29, 0.717) is 57.3 Å². The van der Waals surface area contributed by atoms with E-state index in [0.717, 1.165) is 22.8 Å². The Morgan fingerprint density at radius 1 is 1.00 bits per heavy atom. The molecule has 2 amide bonds. The lowest BCUT2D eigenvalue weighted by Gasteiger charge is -2.33. The summed E-state index contributed by atoms with van der Waals surface area (Å²) in [5.74, 6) is -2.49. The number of rotatable bonds is 4. The standard InChI is InChI=1S/C37H40F2N6O4/c1-35(2,3)49-34(48)42-28-20-37(28)23(22-7-4-9-26(38)29(22)39)11-14-36(30-24(37)8-5-15-40-30)19-25(36)32(46)44-17-12-21(13-18-44)45-27-10-6-16-41-31(27)43-33(45)47/h4-10,15-16,21,23,25,28H,11-14,17-20H2,1-3H3,(H,42,48)(H,41,43,47)/t23-,25?,28?,36-,37?/m0/s1. The molecule has 1 aromatic carbocycles. The molecule has 2 spiro atoms. The molecule has 0 radical (unpaired) electrons. The third kappa shape index (κ3) is 5.13. The van der Waals surface area contributed by atoms with Crippen molar-refractivity contribution in [2.45, 2.75) is 93.7 Å². The molecule has 1 aliphatic heterocycles. The molecule has 4 heterocycles. The summed E-state index contributed by atoms with van der Waals surface area (Å²) < 4.78 is 37.6. The van der Waals surface area contributed by atoms with Gasteiger partial charge in [0.15, 0.2) is 17.3 Å². The second-order valence-electron chi connectivity index (χ2n) is 15.2. The number of nitrogens with zero attached hydrogens (tertiary/aromatic N) is 4. The highest BCUT2D eigenvalue weighted by molar-refractivity contribution is 5.85. The number of hydrogen-bond donors (Lipinski definition) is 2. The van der Waals surface area contributed by atoms with E-state index >= 15 is 4.39 Å². The van der Waals surface area contributed by atoms with Crippen molar-refractivity contribution in [1.29, 1.82) is 0 Å². The maximum absolute atomic E-state index is 15.6. The maximum atomic E-state index is 15.6. The number of piperidine rings is 1. The lowest BCUT2D eigenvalue weighted by molar-refractivity contribution is -0.134. The van der Waals surface area contributed by atoms with E-state index in [1.54, 1.807) is 43.8 Å². The molecular weight excluding hydrogens is 630 g/mol. The van der Waals surface area contributed by atoms with E-state index in [4.69, 9.17) is 9.72 Å². The van der Waals surface area contributed by atoms with Crippen molar-refractivity contribution in [2.24, 2.45) is 5.92 Å². The predicted octanol–water partition coefficient (Wildman–Crippen LogP) is 5.63. The van der Waals surface area contributed by atoms with Crippen LogP contribution in [0.3, 0.4) is 0 Å². The first-order chi connectivity index (χ1) is 23.4. The number of amides is 2. The van der Waals surface area contributed by atoms with Crippen molar-refractivity contribution in [2.75, 3.05) is 13.1 Å². The number of alkyl carbamates (subject to hydrolysis) is 1. The predicted molar refractivity (Wildman–Crippen MR) is 177 cm³/mol. The molecule has 10 nitrogen and oxygen atoms in total. The van der Waals surface area contributed by atoms with E-state index in [-0.39, 0.29) is 35.2 Å². The van der Waals surface area contributed by atoms with Crippen LogP contribution in [0.2, 0.25) is 0 Å². The van der Waals surface area contributed by atoms with Gasteiger partial charge in [-0.25, -0.2) is 23.4 Å². The second kappa shape index (κ2) is 11.2. The number of hydrogen-bond acceptors (Lipinski definition) is 6. The number of halogens is 2. The summed E-state index contributed by atoms with van der Waals surface area (Å²) in [5.41, 5.74) is 1.09. The Labute approximate surface area is 282 Å². The van der Waals surface area contributed by atoms with Crippen LogP contribution in [0, 0.1) is 17.6 Å². The smallest absolute Gasteiger partial charge is 0.407 e. The Balaban J connectivity index is 1.08. The Hall–Kier alpha value is -4.61. The molecule has 1 saturated heterocycles. The van der Waals surface area contributed by atoms with Crippen molar-refractivity contribution in [1.82, 2.24) is 29.7 Å². The number of aromatic nitrogens is 4. The molecule has 49 heavy (non-hydrogen) atoms. The molecule has 0 bridgehead atoms. The fraction of sp³-hybridized carbons (Fsp3) is 0.486. The van der Waals surface area contributed by atoms with Crippen LogP contribution >= 0.6 is 0 Å². The highest BCUT2D eigenvalue weighted by Gasteiger charge is 2.70. The van der Waals surface area contributed by atoms with Crippen LogP contribution in [0.5, 0.6) is 0 Å². The van der Waals surface area contributed by atoms with E-state index in [1.165, 1.54) is 6.07 Å². The average molecular weight is 671 g/mol. The first-order valence-electron chi connectivity index (χ1n) is 17.2. The minimum Gasteiger partial charge on any atom is -0.444 e. The van der Waals surface area contributed by atoms with Gasteiger partial charge in [0.25, 0.3) is 0 Å². The third-order valence-corrected chi connectivity index (χ3v) is 11.3. The van der Waals surface area contributed by atoms with Gasteiger partial charge in [0.05, 0.1) is 17.1 Å². The van der Waals surface area contributed by atoms with Gasteiger partial charge >= 0.3 is 11.8 Å². The summed E-state index contributed by atoms with van der Waals surface area (Å²) in [7, 11) is 0. The Morgan fingerprint density at radius 2 is 1.76 bits per heavy atom. The third-order valence-electron chi connectivity index (χ3n) is 11.3. The molecule has 3 unspecified atom stereocenters. The Kier molecular flexibility index (Phi) is 7.24. The molecular formula is C37H40F2N6O4. The number of fused-ring (bicyclic) bond motifs is 4. The van der Waals surface area contributed by atoms with Crippen LogP contribution in [0.4, 0.5) is 13.6 Å². The van der Waals surface area contributed by atoms with Gasteiger partial charge in [0.1, 0.15) is 5.60 Å². The fourth-order valence-corrected chi connectivity index (χ4v) is 9.01. The molecule has 3 aromatic heterocycles. The highest BCUT2D eigenvalue weighted by Crippen LogP contribution is 2.69. The zero-order valence-corrected chi connectivity index (χ0v) is 27.8. The molecule has 12 heteroatoms. The van der Waals surface area contributed by atoms with Crippen LogP contribution < -0.4 is 11.0 Å². The summed E-state index contributed by atoms with van der Waals surface area (Å²) in [6.07, 6.45) is 6.29. The molecule has 4 aromatic rings. The van der Waals surface area contributed by atoms with Gasteiger partial charge < -0.3 is 15.0 Å². The second-order valence-corrected chi connectivity index (χ2v) is 15.2. The first kappa shape index (κ1) is 31.6. The lowest BCUT2D eigenvalue weighted by Crippen LogP contribution is -2.42. The monoisotopic (exact) mass is 670 g/mol. The number of likely N-dealkylation sites (tertiary alicyclic amines) is 1. The highest BCUT2D eigenvalue weighted by atomic mass is 19.2. The van der Waals surface area contributed by atoms with E-state index < -0.39 is 40.1 Å². The van der Waals surface area contributed by atoms with Gasteiger partial charge in [0.2, 0.25) is 5.91 Å². The molecule has 4 aliphatic rings. The van der Waals surface area contributed by atoms with Crippen molar-refractivity contribution >= 4 is 23.2 Å². The molecule has 2 saturated carbocycles. The topological polar surface area (TPSA) is 122 Å². The minimum atomic E-state index is -0.913. The van der Waals surface area contributed by atoms with Crippen LogP contribution in [0.1, 0.15) is 88.1 Å². The number of carbonyl (C=O) groups excluding carboxylic acids is 2. The van der Waals surface area contributed by atoms with Crippen LogP contribution in [0.15, 0.2) is 59.7 Å². The molecule has 5 atom stereocenters. The largest absolute Gasteiger partial charge is 0.444 e. The molecule has 8 rings (SSSR count). The van der Waals surface area contributed by atoms with Crippen molar-refractivity contribution < 1.29 is 23.1 Å². The SMILES string of the molecule is CC(C)(C)OC(=O)NC1CC12c1cccnc1[C@@]1(CC[C@H]2c2cccc(F)c2F)CC1C(=O)N1CCC(n2c(=O)[nH]c3ncccc32)CC1. The number of imidazole rings is 1. The number of benzene rings is 1. The first-order valence-corrected chi connectivity index (χ1v) is 17.2. The number of aromatic amines is 1. The molecule has 2 N–H and O–H groups in total. The zero-order chi connectivity index (χ0) is 34.3. The Morgan fingerprint density at radius 3 is 2.53 bits per heavy atom. The van der Waals surface area contributed by atoms with E-state index in [1.807, 2.05) is 29.2 Å². The quantitative estimate of drug-likeness (QED) is 0.290. The summed E-state index contributed by atoms with van der Waals surface area (Å²) in [4.78, 5) is 53.9. The maximum Gasteiger partial charge on any atom is 0.407 e. The lowest BCUT2D eigenvalue weighted by atomic mass is 9.76. The molecule has 3 aliphatic carbocycles. The summed E-state index contributed by atoms with van der Waals surface area (Å²) in [6, 6.07) is 11.4. The zero-order valence-electron chi connectivity index (χ0n) is 27.8. The average Bonchev–Trinajstić information content (AvgIpc) is 3.96. The molecule has 3 fully saturated rings. The van der Waals surface area contributed by atoms with Crippen molar-refractivity contribution in [3.05, 3.63) is 93.8 Å². The number of nitrogens with one attached hydrogen (secondary N) is 2.